The molecule has 1 unspecified atom stereocenters. The number of likely N-dealkylation sites (N-methyl/N-ethyl adjacent to an activating group) is 1. The summed E-state index contributed by atoms with van der Waals surface area (Å²) in [6.45, 7) is 13.9. The number of hydrogen-bond acceptors (Lipinski definition) is 2. The largest absolute Gasteiger partial charge is 0.329 e. The highest BCUT2D eigenvalue weighted by Gasteiger charge is 2.18. The minimum absolute atomic E-state index is 0.214. The van der Waals surface area contributed by atoms with Crippen molar-refractivity contribution in [3.8, 4) is 0 Å². The van der Waals surface area contributed by atoms with E-state index in [9.17, 15) is 0 Å². The standard InChI is InChI=1S/C16H28N2/c1-6-18(7-2)15(12-17)13-8-10-14(11-9-13)16(3,4)5/h8-11,15H,6-7,12,17H2,1-5H3. The molecule has 0 bridgehead atoms. The first-order chi connectivity index (χ1) is 8.43. The van der Waals surface area contributed by atoms with Gasteiger partial charge in [0.15, 0.2) is 0 Å². The molecule has 0 aliphatic carbocycles. The Morgan fingerprint density at radius 2 is 1.56 bits per heavy atom. The van der Waals surface area contributed by atoms with Gasteiger partial charge in [-0.15, -0.1) is 0 Å². The Kier molecular flexibility index (Phi) is 5.36. The third-order valence-electron chi connectivity index (χ3n) is 3.64. The van der Waals surface area contributed by atoms with E-state index in [1.54, 1.807) is 0 Å². The molecule has 1 aromatic rings. The molecule has 0 aliphatic rings. The number of nitrogens with zero attached hydrogens (tertiary/aromatic N) is 1. The molecule has 0 heterocycles. The highest BCUT2D eigenvalue weighted by atomic mass is 15.2. The molecular formula is C16H28N2. The molecule has 0 saturated carbocycles. The van der Waals surface area contributed by atoms with Crippen LogP contribution in [0.3, 0.4) is 0 Å². The molecule has 1 rings (SSSR count). The summed E-state index contributed by atoms with van der Waals surface area (Å²) in [5, 5.41) is 0. The van der Waals surface area contributed by atoms with E-state index in [1.165, 1.54) is 11.1 Å². The molecule has 0 saturated heterocycles. The van der Waals surface area contributed by atoms with Crippen LogP contribution in [-0.4, -0.2) is 24.5 Å². The Hall–Kier alpha value is -0.860. The van der Waals surface area contributed by atoms with Gasteiger partial charge in [0.25, 0.3) is 0 Å². The van der Waals surface area contributed by atoms with Crippen molar-refractivity contribution in [2.45, 2.75) is 46.1 Å². The maximum atomic E-state index is 5.94. The summed E-state index contributed by atoms with van der Waals surface area (Å²) in [6.07, 6.45) is 0. The van der Waals surface area contributed by atoms with E-state index < -0.39 is 0 Å². The average Bonchev–Trinajstić information content (AvgIpc) is 2.35. The van der Waals surface area contributed by atoms with Gasteiger partial charge in [0.2, 0.25) is 0 Å². The van der Waals surface area contributed by atoms with Crippen LogP contribution < -0.4 is 5.73 Å². The van der Waals surface area contributed by atoms with Crippen molar-refractivity contribution in [3.63, 3.8) is 0 Å². The Balaban J connectivity index is 2.95. The summed E-state index contributed by atoms with van der Waals surface area (Å²) >= 11 is 0. The van der Waals surface area contributed by atoms with Crippen LogP contribution in [0.25, 0.3) is 0 Å². The van der Waals surface area contributed by atoms with E-state index in [4.69, 9.17) is 5.73 Å². The summed E-state index contributed by atoms with van der Waals surface area (Å²) in [5.74, 6) is 0. The number of rotatable bonds is 5. The maximum Gasteiger partial charge on any atom is 0.0470 e. The van der Waals surface area contributed by atoms with Gasteiger partial charge in [-0.3, -0.25) is 4.90 Å². The molecule has 18 heavy (non-hydrogen) atoms. The van der Waals surface area contributed by atoms with E-state index in [0.29, 0.717) is 12.6 Å². The van der Waals surface area contributed by atoms with Gasteiger partial charge in [0.05, 0.1) is 0 Å². The Morgan fingerprint density at radius 1 is 1.06 bits per heavy atom. The van der Waals surface area contributed by atoms with E-state index in [0.717, 1.165) is 13.1 Å². The molecule has 0 amide bonds. The molecule has 1 aromatic carbocycles. The number of nitrogens with two attached hydrogens (primary N) is 1. The topological polar surface area (TPSA) is 29.3 Å². The van der Waals surface area contributed by atoms with Gasteiger partial charge in [-0.25, -0.2) is 0 Å². The van der Waals surface area contributed by atoms with Crippen LogP contribution in [0.2, 0.25) is 0 Å². The second kappa shape index (κ2) is 6.35. The molecule has 2 N–H and O–H groups in total. The lowest BCUT2D eigenvalue weighted by atomic mass is 9.86. The minimum atomic E-state index is 0.214. The van der Waals surface area contributed by atoms with Gasteiger partial charge < -0.3 is 5.73 Å². The second-order valence-electron chi connectivity index (χ2n) is 5.84. The SMILES string of the molecule is CCN(CC)C(CN)c1ccc(C(C)(C)C)cc1. The van der Waals surface area contributed by atoms with Gasteiger partial charge in [0.1, 0.15) is 0 Å². The average molecular weight is 248 g/mol. The van der Waals surface area contributed by atoms with E-state index >= 15 is 0 Å². The second-order valence-corrected chi connectivity index (χ2v) is 5.84. The molecule has 0 aliphatic heterocycles. The van der Waals surface area contributed by atoms with Crippen LogP contribution in [0, 0.1) is 0 Å². The third-order valence-corrected chi connectivity index (χ3v) is 3.64. The smallest absolute Gasteiger partial charge is 0.0470 e. The lowest BCUT2D eigenvalue weighted by molar-refractivity contribution is 0.224. The molecule has 0 radical (unpaired) electrons. The van der Waals surface area contributed by atoms with Crippen LogP contribution in [0.5, 0.6) is 0 Å². The molecule has 102 valence electrons. The molecule has 0 spiro atoms. The zero-order valence-electron chi connectivity index (χ0n) is 12.5. The van der Waals surface area contributed by atoms with Crippen LogP contribution in [0.4, 0.5) is 0 Å². The Labute approximate surface area is 112 Å². The van der Waals surface area contributed by atoms with E-state index in [-0.39, 0.29) is 5.41 Å². The van der Waals surface area contributed by atoms with Crippen LogP contribution in [0.15, 0.2) is 24.3 Å². The highest BCUT2D eigenvalue weighted by molar-refractivity contribution is 5.29. The van der Waals surface area contributed by atoms with Crippen LogP contribution >= 0.6 is 0 Å². The lowest BCUT2D eigenvalue weighted by Crippen LogP contribution is -2.33. The normalized spacial score (nSPS) is 13.9. The summed E-state index contributed by atoms with van der Waals surface area (Å²) < 4.78 is 0. The Morgan fingerprint density at radius 3 is 1.89 bits per heavy atom. The minimum Gasteiger partial charge on any atom is -0.329 e. The molecular weight excluding hydrogens is 220 g/mol. The number of benzene rings is 1. The van der Waals surface area contributed by atoms with Crippen LogP contribution in [-0.2, 0) is 5.41 Å². The summed E-state index contributed by atoms with van der Waals surface area (Å²) in [7, 11) is 0. The lowest BCUT2D eigenvalue weighted by Gasteiger charge is -2.29. The van der Waals surface area contributed by atoms with Crippen molar-refractivity contribution in [2.24, 2.45) is 5.73 Å². The highest BCUT2D eigenvalue weighted by Crippen LogP contribution is 2.25. The van der Waals surface area contributed by atoms with Crippen molar-refractivity contribution in [1.29, 1.82) is 0 Å². The van der Waals surface area contributed by atoms with Gasteiger partial charge in [-0.2, -0.15) is 0 Å². The molecule has 1 atom stereocenters. The fourth-order valence-electron chi connectivity index (χ4n) is 2.37. The van der Waals surface area contributed by atoms with Gasteiger partial charge in [-0.05, 0) is 29.6 Å². The predicted octanol–water partition coefficient (Wildman–Crippen LogP) is 3.33. The maximum absolute atomic E-state index is 5.94. The third kappa shape index (κ3) is 3.56. The molecule has 0 fully saturated rings. The first-order valence-electron chi connectivity index (χ1n) is 6.98. The zero-order valence-corrected chi connectivity index (χ0v) is 12.5. The predicted molar refractivity (Wildman–Crippen MR) is 79.9 cm³/mol. The first-order valence-corrected chi connectivity index (χ1v) is 6.98. The van der Waals surface area contributed by atoms with Gasteiger partial charge in [-0.1, -0.05) is 58.9 Å². The van der Waals surface area contributed by atoms with E-state index in [1.807, 2.05) is 0 Å². The summed E-state index contributed by atoms with van der Waals surface area (Å²) in [6, 6.07) is 9.28. The fourth-order valence-corrected chi connectivity index (χ4v) is 2.37. The monoisotopic (exact) mass is 248 g/mol. The zero-order chi connectivity index (χ0) is 13.8. The molecule has 2 heteroatoms. The van der Waals surface area contributed by atoms with Gasteiger partial charge >= 0.3 is 0 Å². The van der Waals surface area contributed by atoms with E-state index in [2.05, 4.69) is 63.8 Å². The molecule has 0 aromatic heterocycles. The fraction of sp³-hybridized carbons (Fsp3) is 0.625. The van der Waals surface area contributed by atoms with Crippen molar-refractivity contribution in [3.05, 3.63) is 35.4 Å². The summed E-state index contributed by atoms with van der Waals surface area (Å²) in [5.41, 5.74) is 8.86. The van der Waals surface area contributed by atoms with Crippen molar-refractivity contribution in [1.82, 2.24) is 4.90 Å². The van der Waals surface area contributed by atoms with Crippen molar-refractivity contribution < 1.29 is 0 Å². The quantitative estimate of drug-likeness (QED) is 0.866. The van der Waals surface area contributed by atoms with Crippen molar-refractivity contribution in [2.75, 3.05) is 19.6 Å². The number of hydrogen-bond donors (Lipinski definition) is 1. The first kappa shape index (κ1) is 15.2. The summed E-state index contributed by atoms with van der Waals surface area (Å²) in [4.78, 5) is 2.41. The van der Waals surface area contributed by atoms with Gasteiger partial charge in [0, 0.05) is 12.6 Å². The van der Waals surface area contributed by atoms with Crippen LogP contribution in [0.1, 0.15) is 51.8 Å². The Bertz CT molecular complexity index is 344. The van der Waals surface area contributed by atoms with Crippen molar-refractivity contribution >= 4 is 0 Å². The molecule has 2 nitrogen and oxygen atoms in total.